The fraction of sp³-hybridized carbons (Fsp3) is 0.273. The van der Waals surface area contributed by atoms with Crippen molar-refractivity contribution in [2.24, 2.45) is 0 Å². The van der Waals surface area contributed by atoms with Crippen LogP contribution in [0.1, 0.15) is 25.6 Å². The first-order valence-corrected chi connectivity index (χ1v) is 5.90. The minimum atomic E-state index is -0.504. The molecule has 0 saturated carbocycles. The van der Waals surface area contributed by atoms with Crippen molar-refractivity contribution in [1.29, 1.82) is 0 Å². The van der Waals surface area contributed by atoms with Crippen molar-refractivity contribution in [2.45, 2.75) is 19.8 Å². The summed E-state index contributed by atoms with van der Waals surface area (Å²) in [6.45, 7) is 3.99. The van der Waals surface area contributed by atoms with Crippen LogP contribution in [0.25, 0.3) is 0 Å². The fourth-order valence-corrected chi connectivity index (χ4v) is 1.86. The Hall–Kier alpha value is -1.69. The first kappa shape index (κ1) is 11.8. The van der Waals surface area contributed by atoms with Crippen LogP contribution >= 0.6 is 11.5 Å². The zero-order valence-corrected chi connectivity index (χ0v) is 10.3. The maximum absolute atomic E-state index is 13.2. The van der Waals surface area contributed by atoms with E-state index in [2.05, 4.69) is 9.36 Å². The molecule has 2 N–H and O–H groups in total. The number of anilines is 1. The second-order valence-corrected chi connectivity index (χ2v) is 4.57. The summed E-state index contributed by atoms with van der Waals surface area (Å²) < 4.78 is 22.7. The van der Waals surface area contributed by atoms with E-state index in [1.165, 1.54) is 12.1 Å². The van der Waals surface area contributed by atoms with Gasteiger partial charge in [-0.25, -0.2) is 4.39 Å². The lowest BCUT2D eigenvalue weighted by molar-refractivity contribution is 0.471. The highest BCUT2D eigenvalue weighted by molar-refractivity contribution is 7.07. The van der Waals surface area contributed by atoms with Crippen LogP contribution < -0.4 is 10.5 Å². The molecule has 17 heavy (non-hydrogen) atoms. The zero-order chi connectivity index (χ0) is 12.4. The maximum atomic E-state index is 13.2. The highest BCUT2D eigenvalue weighted by Crippen LogP contribution is 2.27. The standard InChI is InChI=1S/C11H12FN3OS/c1-6(2)10-14-11(17-15-10)16-7-3-4-9(13)8(12)5-7/h3-6H,13H2,1-2H3. The van der Waals surface area contributed by atoms with E-state index < -0.39 is 5.82 Å². The summed E-state index contributed by atoms with van der Waals surface area (Å²) in [5, 5.41) is 0.401. The van der Waals surface area contributed by atoms with Crippen molar-refractivity contribution >= 4 is 17.2 Å². The van der Waals surface area contributed by atoms with Gasteiger partial charge in [-0.2, -0.15) is 9.36 Å². The molecular weight excluding hydrogens is 241 g/mol. The summed E-state index contributed by atoms with van der Waals surface area (Å²) in [5.41, 5.74) is 5.46. The third-order valence-electron chi connectivity index (χ3n) is 2.12. The van der Waals surface area contributed by atoms with Gasteiger partial charge in [-0.15, -0.1) is 0 Å². The summed E-state index contributed by atoms with van der Waals surface area (Å²) >= 11 is 1.15. The van der Waals surface area contributed by atoms with E-state index in [1.807, 2.05) is 13.8 Å². The quantitative estimate of drug-likeness (QED) is 0.853. The Morgan fingerprint density at radius 3 is 2.76 bits per heavy atom. The third kappa shape index (κ3) is 2.71. The number of ether oxygens (including phenoxy) is 1. The molecule has 1 heterocycles. The number of halogens is 1. The highest BCUT2D eigenvalue weighted by atomic mass is 32.1. The van der Waals surface area contributed by atoms with Gasteiger partial charge in [-0.05, 0) is 12.1 Å². The van der Waals surface area contributed by atoms with Gasteiger partial charge in [0.05, 0.1) is 5.69 Å². The lowest BCUT2D eigenvalue weighted by atomic mass is 10.2. The first-order chi connectivity index (χ1) is 8.06. The van der Waals surface area contributed by atoms with Crippen LogP contribution in [0.2, 0.25) is 0 Å². The number of benzene rings is 1. The van der Waals surface area contributed by atoms with Crippen LogP contribution in [0, 0.1) is 5.82 Å². The molecule has 1 aromatic heterocycles. The monoisotopic (exact) mass is 253 g/mol. The molecule has 6 heteroatoms. The first-order valence-electron chi connectivity index (χ1n) is 5.12. The molecule has 1 aromatic carbocycles. The molecule has 0 amide bonds. The van der Waals surface area contributed by atoms with Crippen molar-refractivity contribution in [2.75, 3.05) is 5.73 Å². The lowest BCUT2D eigenvalue weighted by Gasteiger charge is -2.02. The number of hydrogen-bond acceptors (Lipinski definition) is 5. The molecule has 0 bridgehead atoms. The minimum Gasteiger partial charge on any atom is -0.430 e. The van der Waals surface area contributed by atoms with Gasteiger partial charge in [-0.3, -0.25) is 0 Å². The largest absolute Gasteiger partial charge is 0.430 e. The summed E-state index contributed by atoms with van der Waals surface area (Å²) in [6, 6.07) is 4.27. The summed E-state index contributed by atoms with van der Waals surface area (Å²) in [6.07, 6.45) is 0. The Bertz CT molecular complexity index is 527. The number of nitrogens with two attached hydrogens (primary N) is 1. The number of nitrogens with zero attached hydrogens (tertiary/aromatic N) is 2. The Morgan fingerprint density at radius 1 is 1.41 bits per heavy atom. The number of rotatable bonds is 3. The molecule has 0 atom stereocenters. The van der Waals surface area contributed by atoms with Gasteiger partial charge in [0.2, 0.25) is 0 Å². The smallest absolute Gasteiger partial charge is 0.298 e. The van der Waals surface area contributed by atoms with E-state index in [9.17, 15) is 4.39 Å². The van der Waals surface area contributed by atoms with Gasteiger partial charge in [0.15, 0.2) is 0 Å². The number of hydrogen-bond donors (Lipinski definition) is 1. The van der Waals surface area contributed by atoms with Gasteiger partial charge >= 0.3 is 0 Å². The van der Waals surface area contributed by atoms with Crippen molar-refractivity contribution in [3.05, 3.63) is 29.8 Å². The highest BCUT2D eigenvalue weighted by Gasteiger charge is 2.10. The second-order valence-electron chi connectivity index (χ2n) is 3.86. The maximum Gasteiger partial charge on any atom is 0.298 e. The molecule has 2 aromatic rings. The van der Waals surface area contributed by atoms with Gasteiger partial charge in [-0.1, -0.05) is 13.8 Å². The molecule has 0 radical (unpaired) electrons. The van der Waals surface area contributed by atoms with Gasteiger partial charge < -0.3 is 10.5 Å². The van der Waals surface area contributed by atoms with E-state index in [4.69, 9.17) is 10.5 Å². The van der Waals surface area contributed by atoms with Crippen LogP contribution in [-0.2, 0) is 0 Å². The Labute approximate surface area is 102 Å². The molecule has 0 fully saturated rings. The van der Waals surface area contributed by atoms with Crippen LogP contribution in [0.15, 0.2) is 18.2 Å². The van der Waals surface area contributed by atoms with Crippen LogP contribution in [0.4, 0.5) is 10.1 Å². The van der Waals surface area contributed by atoms with Crippen LogP contribution in [0.5, 0.6) is 10.9 Å². The molecule has 0 saturated heterocycles. The molecule has 0 aliphatic carbocycles. The molecule has 0 aliphatic rings. The molecule has 90 valence electrons. The normalized spacial score (nSPS) is 10.8. The number of aromatic nitrogens is 2. The average Bonchev–Trinajstić information content (AvgIpc) is 2.72. The van der Waals surface area contributed by atoms with Gasteiger partial charge in [0.1, 0.15) is 17.4 Å². The summed E-state index contributed by atoms with van der Waals surface area (Å²) in [4.78, 5) is 4.19. The zero-order valence-electron chi connectivity index (χ0n) is 9.48. The van der Waals surface area contributed by atoms with E-state index >= 15 is 0 Å². The predicted octanol–water partition coefficient (Wildman–Crippen LogP) is 3.18. The molecule has 0 unspecified atom stereocenters. The third-order valence-corrected chi connectivity index (χ3v) is 2.73. The molecule has 0 aliphatic heterocycles. The van der Waals surface area contributed by atoms with E-state index in [1.54, 1.807) is 6.07 Å². The molecule has 2 rings (SSSR count). The minimum absolute atomic E-state index is 0.0949. The summed E-state index contributed by atoms with van der Waals surface area (Å²) in [5.74, 6) is 0.826. The Morgan fingerprint density at radius 2 is 2.18 bits per heavy atom. The van der Waals surface area contributed by atoms with Gasteiger partial charge in [0, 0.05) is 23.5 Å². The van der Waals surface area contributed by atoms with Crippen molar-refractivity contribution in [3.63, 3.8) is 0 Å². The van der Waals surface area contributed by atoms with Crippen molar-refractivity contribution in [1.82, 2.24) is 9.36 Å². The van der Waals surface area contributed by atoms with E-state index in [-0.39, 0.29) is 11.6 Å². The summed E-state index contributed by atoms with van der Waals surface area (Å²) in [7, 11) is 0. The van der Waals surface area contributed by atoms with Gasteiger partial charge in [0.25, 0.3) is 5.19 Å². The number of nitrogen functional groups attached to an aromatic ring is 1. The van der Waals surface area contributed by atoms with Crippen LogP contribution in [0.3, 0.4) is 0 Å². The van der Waals surface area contributed by atoms with Crippen molar-refractivity contribution < 1.29 is 9.13 Å². The lowest BCUT2D eigenvalue weighted by Crippen LogP contribution is -1.92. The van der Waals surface area contributed by atoms with E-state index in [0.717, 1.165) is 17.4 Å². The van der Waals surface area contributed by atoms with Crippen LogP contribution in [-0.4, -0.2) is 9.36 Å². The fourth-order valence-electron chi connectivity index (χ4n) is 1.17. The Balaban J connectivity index is 2.16. The molecule has 0 spiro atoms. The van der Waals surface area contributed by atoms with Crippen molar-refractivity contribution in [3.8, 4) is 10.9 Å². The molecular formula is C11H12FN3OS. The predicted molar refractivity (Wildman–Crippen MR) is 64.9 cm³/mol. The average molecular weight is 253 g/mol. The SMILES string of the molecule is CC(C)c1nsc(Oc2ccc(N)c(F)c2)n1. The molecule has 4 nitrogen and oxygen atoms in total. The topological polar surface area (TPSA) is 61.0 Å². The Kier molecular flexibility index (Phi) is 3.23. The second kappa shape index (κ2) is 4.67. The van der Waals surface area contributed by atoms with E-state index in [0.29, 0.717) is 10.9 Å².